The molecule has 5 heteroatoms. The predicted octanol–water partition coefficient (Wildman–Crippen LogP) is 3.13. The van der Waals surface area contributed by atoms with Crippen molar-refractivity contribution in [3.8, 4) is 0 Å². The number of nitrogens with zero attached hydrogens (tertiary/aromatic N) is 1. The van der Waals surface area contributed by atoms with Crippen molar-refractivity contribution >= 4 is 11.4 Å². The van der Waals surface area contributed by atoms with E-state index in [1.807, 2.05) is 13.0 Å². The van der Waals surface area contributed by atoms with Crippen LogP contribution in [0.3, 0.4) is 0 Å². The zero-order valence-corrected chi connectivity index (χ0v) is 11.4. The third-order valence-corrected chi connectivity index (χ3v) is 3.65. The van der Waals surface area contributed by atoms with Crippen molar-refractivity contribution in [2.45, 2.75) is 32.8 Å². The average Bonchev–Trinajstić information content (AvgIpc) is 2.84. The minimum Gasteiger partial charge on any atom is -0.379 e. The SMILES string of the molecule is CCC1OCCC1CNc1ccc(C)cc1[N+](=O)[O-]. The molecule has 1 aliphatic heterocycles. The summed E-state index contributed by atoms with van der Waals surface area (Å²) in [6.07, 6.45) is 2.28. The van der Waals surface area contributed by atoms with Crippen LogP contribution >= 0.6 is 0 Å². The molecule has 1 aromatic carbocycles. The van der Waals surface area contributed by atoms with Crippen molar-refractivity contribution in [1.29, 1.82) is 0 Å². The van der Waals surface area contributed by atoms with Gasteiger partial charge in [-0.3, -0.25) is 10.1 Å². The Morgan fingerprint density at radius 2 is 2.32 bits per heavy atom. The lowest BCUT2D eigenvalue weighted by Gasteiger charge is -2.18. The van der Waals surface area contributed by atoms with Gasteiger partial charge in [0.25, 0.3) is 5.69 Å². The van der Waals surface area contributed by atoms with Crippen LogP contribution in [0.2, 0.25) is 0 Å². The summed E-state index contributed by atoms with van der Waals surface area (Å²) in [7, 11) is 0. The zero-order chi connectivity index (χ0) is 13.8. The van der Waals surface area contributed by atoms with Crippen molar-refractivity contribution in [3.63, 3.8) is 0 Å². The summed E-state index contributed by atoms with van der Waals surface area (Å²) in [5, 5.41) is 14.2. The number of ether oxygens (including phenoxy) is 1. The minimum atomic E-state index is -0.336. The summed E-state index contributed by atoms with van der Waals surface area (Å²) >= 11 is 0. The van der Waals surface area contributed by atoms with Gasteiger partial charge in [-0.05, 0) is 31.4 Å². The fraction of sp³-hybridized carbons (Fsp3) is 0.571. The number of nitro groups is 1. The lowest BCUT2D eigenvalue weighted by Crippen LogP contribution is -2.23. The number of anilines is 1. The van der Waals surface area contributed by atoms with Crippen LogP contribution in [-0.4, -0.2) is 24.2 Å². The van der Waals surface area contributed by atoms with Gasteiger partial charge in [0, 0.05) is 25.1 Å². The number of hydrogen-bond acceptors (Lipinski definition) is 4. The van der Waals surface area contributed by atoms with Crippen molar-refractivity contribution < 1.29 is 9.66 Å². The second-order valence-corrected chi connectivity index (χ2v) is 5.02. The van der Waals surface area contributed by atoms with Crippen molar-refractivity contribution in [2.24, 2.45) is 5.92 Å². The highest BCUT2D eigenvalue weighted by Crippen LogP contribution is 2.28. The van der Waals surface area contributed by atoms with E-state index in [4.69, 9.17) is 4.74 Å². The molecule has 0 amide bonds. The van der Waals surface area contributed by atoms with Crippen LogP contribution in [0.15, 0.2) is 18.2 Å². The Morgan fingerprint density at radius 1 is 1.53 bits per heavy atom. The standard InChI is InChI=1S/C14H20N2O3/c1-3-14-11(6-7-19-14)9-15-12-5-4-10(2)8-13(12)16(17)18/h4-5,8,11,14-15H,3,6-7,9H2,1-2H3. The monoisotopic (exact) mass is 264 g/mol. The van der Waals surface area contributed by atoms with Crippen LogP contribution in [0.25, 0.3) is 0 Å². The molecule has 1 aromatic rings. The lowest BCUT2D eigenvalue weighted by atomic mass is 9.99. The first kappa shape index (κ1) is 13.8. The number of nitro benzene ring substituents is 1. The highest BCUT2D eigenvalue weighted by Gasteiger charge is 2.27. The largest absolute Gasteiger partial charge is 0.379 e. The molecule has 0 saturated carbocycles. The van der Waals surface area contributed by atoms with E-state index in [1.54, 1.807) is 12.1 Å². The molecule has 2 unspecified atom stereocenters. The molecular formula is C14H20N2O3. The van der Waals surface area contributed by atoms with Gasteiger partial charge >= 0.3 is 0 Å². The Morgan fingerprint density at radius 3 is 3.00 bits per heavy atom. The fourth-order valence-corrected chi connectivity index (χ4v) is 2.56. The first-order valence-electron chi connectivity index (χ1n) is 6.72. The Balaban J connectivity index is 2.05. The highest BCUT2D eigenvalue weighted by atomic mass is 16.6. The molecule has 19 heavy (non-hydrogen) atoms. The zero-order valence-electron chi connectivity index (χ0n) is 11.4. The van der Waals surface area contributed by atoms with Crippen LogP contribution in [0, 0.1) is 23.0 Å². The van der Waals surface area contributed by atoms with E-state index in [-0.39, 0.29) is 16.7 Å². The number of hydrogen-bond donors (Lipinski definition) is 1. The van der Waals surface area contributed by atoms with Gasteiger partial charge in [-0.15, -0.1) is 0 Å². The third kappa shape index (κ3) is 3.23. The molecule has 0 bridgehead atoms. The van der Waals surface area contributed by atoms with Gasteiger partial charge in [0.2, 0.25) is 0 Å². The van der Waals surface area contributed by atoms with Gasteiger partial charge in [0.1, 0.15) is 5.69 Å². The lowest BCUT2D eigenvalue weighted by molar-refractivity contribution is -0.384. The van der Waals surface area contributed by atoms with E-state index in [0.29, 0.717) is 11.6 Å². The molecule has 0 spiro atoms. The minimum absolute atomic E-state index is 0.145. The Kier molecular flexibility index (Phi) is 4.37. The van der Waals surface area contributed by atoms with E-state index >= 15 is 0 Å². The molecule has 1 aliphatic rings. The molecule has 1 heterocycles. The van der Waals surface area contributed by atoms with Crippen LogP contribution in [0.4, 0.5) is 11.4 Å². The summed E-state index contributed by atoms with van der Waals surface area (Å²) < 4.78 is 5.63. The second kappa shape index (κ2) is 6.02. The summed E-state index contributed by atoms with van der Waals surface area (Å²) in [4.78, 5) is 10.7. The maximum Gasteiger partial charge on any atom is 0.292 e. The first-order chi connectivity index (χ1) is 9.11. The van der Waals surface area contributed by atoms with E-state index in [1.165, 1.54) is 0 Å². The van der Waals surface area contributed by atoms with Crippen molar-refractivity contribution in [1.82, 2.24) is 0 Å². The summed E-state index contributed by atoms with van der Waals surface area (Å²) in [6, 6.07) is 5.27. The number of benzene rings is 1. The summed E-state index contributed by atoms with van der Waals surface area (Å²) in [5.74, 6) is 0.436. The molecule has 1 saturated heterocycles. The smallest absolute Gasteiger partial charge is 0.292 e. The van der Waals surface area contributed by atoms with Crippen LogP contribution in [0.5, 0.6) is 0 Å². The van der Waals surface area contributed by atoms with Crippen molar-refractivity contribution in [3.05, 3.63) is 33.9 Å². The second-order valence-electron chi connectivity index (χ2n) is 5.02. The van der Waals surface area contributed by atoms with Gasteiger partial charge in [-0.2, -0.15) is 0 Å². The normalized spacial score (nSPS) is 22.4. The molecule has 2 atom stereocenters. The highest BCUT2D eigenvalue weighted by molar-refractivity contribution is 5.62. The topological polar surface area (TPSA) is 64.4 Å². The molecule has 0 aromatic heterocycles. The summed E-state index contributed by atoms with van der Waals surface area (Å²) in [6.45, 7) is 5.48. The molecule has 2 rings (SSSR count). The Hall–Kier alpha value is -1.62. The maximum atomic E-state index is 11.0. The van der Waals surface area contributed by atoms with Crippen LogP contribution < -0.4 is 5.32 Å². The molecule has 0 radical (unpaired) electrons. The summed E-state index contributed by atoms with van der Waals surface area (Å²) in [5.41, 5.74) is 1.64. The molecule has 5 nitrogen and oxygen atoms in total. The Labute approximate surface area is 113 Å². The van der Waals surface area contributed by atoms with Gasteiger partial charge < -0.3 is 10.1 Å². The van der Waals surface area contributed by atoms with Gasteiger partial charge in [0.05, 0.1) is 11.0 Å². The quantitative estimate of drug-likeness (QED) is 0.655. The predicted molar refractivity (Wildman–Crippen MR) is 74.5 cm³/mol. The maximum absolute atomic E-state index is 11.0. The molecule has 1 N–H and O–H groups in total. The van der Waals surface area contributed by atoms with Gasteiger partial charge in [-0.1, -0.05) is 13.0 Å². The molecule has 104 valence electrons. The van der Waals surface area contributed by atoms with Crippen LogP contribution in [0.1, 0.15) is 25.3 Å². The van der Waals surface area contributed by atoms with E-state index in [9.17, 15) is 10.1 Å². The van der Waals surface area contributed by atoms with Crippen LogP contribution in [-0.2, 0) is 4.74 Å². The van der Waals surface area contributed by atoms with E-state index < -0.39 is 0 Å². The van der Waals surface area contributed by atoms with E-state index in [0.717, 1.165) is 31.6 Å². The third-order valence-electron chi connectivity index (χ3n) is 3.65. The number of nitrogens with one attached hydrogen (secondary N) is 1. The van der Waals surface area contributed by atoms with Gasteiger partial charge in [0.15, 0.2) is 0 Å². The fourth-order valence-electron chi connectivity index (χ4n) is 2.56. The van der Waals surface area contributed by atoms with E-state index in [2.05, 4.69) is 12.2 Å². The molecule has 1 fully saturated rings. The van der Waals surface area contributed by atoms with Gasteiger partial charge in [-0.25, -0.2) is 0 Å². The number of aryl methyl sites for hydroxylation is 1. The van der Waals surface area contributed by atoms with Crippen molar-refractivity contribution in [2.75, 3.05) is 18.5 Å². The first-order valence-corrected chi connectivity index (χ1v) is 6.72. The average molecular weight is 264 g/mol. The molecular weight excluding hydrogens is 244 g/mol. The Bertz CT molecular complexity index is 462. The number of rotatable bonds is 5. The molecule has 0 aliphatic carbocycles.